The van der Waals surface area contributed by atoms with Crippen molar-refractivity contribution in [3.8, 4) is 0 Å². The molecule has 0 saturated carbocycles. The summed E-state index contributed by atoms with van der Waals surface area (Å²) in [5, 5.41) is 6.76. The molecule has 2 aromatic carbocycles. The van der Waals surface area contributed by atoms with Crippen LogP contribution in [0.5, 0.6) is 0 Å². The van der Waals surface area contributed by atoms with Gasteiger partial charge in [-0.3, -0.25) is 9.89 Å². The van der Waals surface area contributed by atoms with Gasteiger partial charge in [-0.1, -0.05) is 42.5 Å². The molecule has 0 bridgehead atoms. The van der Waals surface area contributed by atoms with Crippen LogP contribution in [0.1, 0.15) is 24.0 Å². The molecule has 1 aliphatic rings. The number of sulfonamides is 1. The van der Waals surface area contributed by atoms with Crippen molar-refractivity contribution in [3.63, 3.8) is 0 Å². The smallest absolute Gasteiger partial charge is 0.242 e. The van der Waals surface area contributed by atoms with Crippen LogP contribution in [0.3, 0.4) is 0 Å². The summed E-state index contributed by atoms with van der Waals surface area (Å²) in [5.74, 6) is 0.747. The highest BCUT2D eigenvalue weighted by Gasteiger charge is 2.24. The van der Waals surface area contributed by atoms with Crippen molar-refractivity contribution in [1.29, 1.82) is 0 Å². The predicted molar refractivity (Wildman–Crippen MR) is 141 cm³/mol. The summed E-state index contributed by atoms with van der Waals surface area (Å²) >= 11 is 0. The molecule has 7 nitrogen and oxygen atoms in total. The lowest BCUT2D eigenvalue weighted by Gasteiger charge is -2.25. The molecule has 1 saturated heterocycles. The molecule has 2 N–H and O–H groups in total. The Labute approximate surface area is 209 Å². The molecule has 1 fully saturated rings. The van der Waals surface area contributed by atoms with Crippen LogP contribution in [0.4, 0.5) is 0 Å². The zero-order chi connectivity index (χ0) is 22.3. The summed E-state index contributed by atoms with van der Waals surface area (Å²) in [6.45, 7) is 3.50. The van der Waals surface area contributed by atoms with Gasteiger partial charge in [0.05, 0.1) is 4.90 Å². The van der Waals surface area contributed by atoms with E-state index in [4.69, 9.17) is 0 Å². The zero-order valence-corrected chi connectivity index (χ0v) is 22.1. The van der Waals surface area contributed by atoms with E-state index in [1.165, 1.54) is 36.8 Å². The lowest BCUT2D eigenvalue weighted by Crippen LogP contribution is -2.44. The van der Waals surface area contributed by atoms with E-state index in [9.17, 15) is 8.42 Å². The number of hydrogen-bond donors (Lipinski definition) is 2. The third-order valence-corrected chi connectivity index (χ3v) is 7.45. The van der Waals surface area contributed by atoms with Crippen molar-refractivity contribution in [2.24, 2.45) is 4.99 Å². The summed E-state index contributed by atoms with van der Waals surface area (Å²) in [6.07, 6.45) is 2.39. The van der Waals surface area contributed by atoms with Crippen molar-refractivity contribution < 1.29 is 8.42 Å². The highest BCUT2D eigenvalue weighted by atomic mass is 127. The van der Waals surface area contributed by atoms with Gasteiger partial charge < -0.3 is 10.6 Å². The summed E-state index contributed by atoms with van der Waals surface area (Å²) in [4.78, 5) is 7.15. The van der Waals surface area contributed by atoms with Crippen LogP contribution in [0.2, 0.25) is 0 Å². The third-order valence-electron chi connectivity index (χ3n) is 5.62. The second-order valence-electron chi connectivity index (χ2n) is 7.99. The fourth-order valence-electron chi connectivity index (χ4n) is 3.76. The molecule has 1 heterocycles. The molecule has 0 aliphatic carbocycles. The van der Waals surface area contributed by atoms with Crippen LogP contribution in [0.15, 0.2) is 64.5 Å². The average molecular weight is 572 g/mol. The second kappa shape index (κ2) is 12.5. The van der Waals surface area contributed by atoms with Crippen LogP contribution in [-0.2, 0) is 23.1 Å². The Hall–Kier alpha value is -1.69. The maximum atomic E-state index is 12.2. The number of hydrogen-bond acceptors (Lipinski definition) is 4. The largest absolute Gasteiger partial charge is 0.355 e. The quantitative estimate of drug-likeness (QED) is 0.290. The zero-order valence-electron chi connectivity index (χ0n) is 19.0. The van der Waals surface area contributed by atoms with Crippen molar-refractivity contribution in [3.05, 3.63) is 65.7 Å². The van der Waals surface area contributed by atoms with E-state index in [0.29, 0.717) is 17.5 Å². The Balaban J connectivity index is 0.00000363. The summed E-state index contributed by atoms with van der Waals surface area (Å²) in [7, 11) is 1.43. The van der Waals surface area contributed by atoms with Gasteiger partial charge in [0.2, 0.25) is 10.0 Å². The van der Waals surface area contributed by atoms with Crippen molar-refractivity contribution in [2.45, 2.75) is 36.9 Å². The van der Waals surface area contributed by atoms with Gasteiger partial charge in [0.15, 0.2) is 5.96 Å². The number of likely N-dealkylation sites (tertiary alicyclic amines) is 1. The van der Waals surface area contributed by atoms with E-state index >= 15 is 0 Å². The van der Waals surface area contributed by atoms with Gasteiger partial charge in [0, 0.05) is 46.8 Å². The highest BCUT2D eigenvalue weighted by Crippen LogP contribution is 2.19. The molecule has 1 atom stereocenters. The summed E-state index contributed by atoms with van der Waals surface area (Å²) in [5.41, 5.74) is 2.34. The number of nitrogens with zero attached hydrogens (tertiary/aromatic N) is 3. The number of nitrogens with one attached hydrogen (secondary N) is 2. The second-order valence-corrected chi connectivity index (χ2v) is 10.1. The Morgan fingerprint density at radius 2 is 1.75 bits per heavy atom. The SMILES string of the molecule is CN=C(NCc1ccc(S(=O)(=O)N(C)C)cc1)NCC1CCCN1Cc1ccccc1.I. The van der Waals surface area contributed by atoms with E-state index in [0.717, 1.165) is 31.2 Å². The number of rotatable bonds is 8. The minimum absolute atomic E-state index is 0. The molecule has 1 aliphatic heterocycles. The lowest BCUT2D eigenvalue weighted by molar-refractivity contribution is 0.245. The Kier molecular flexibility index (Phi) is 10.4. The van der Waals surface area contributed by atoms with Gasteiger partial charge in [0.25, 0.3) is 0 Å². The topological polar surface area (TPSA) is 77.0 Å². The van der Waals surface area contributed by atoms with Gasteiger partial charge in [-0.15, -0.1) is 24.0 Å². The minimum atomic E-state index is -3.40. The fraction of sp³-hybridized carbons (Fsp3) is 0.435. The minimum Gasteiger partial charge on any atom is -0.355 e. The van der Waals surface area contributed by atoms with Gasteiger partial charge in [0.1, 0.15) is 0 Å². The standard InChI is InChI=1S/C23H33N5O2S.HI/c1-24-23(25-16-19-11-13-22(14-12-19)31(29,30)27(2)3)26-17-21-10-7-15-28(21)18-20-8-5-4-6-9-20;/h4-6,8-9,11-14,21H,7,10,15-18H2,1-3H3,(H2,24,25,26);1H. The molecular weight excluding hydrogens is 537 g/mol. The van der Waals surface area contributed by atoms with E-state index in [1.54, 1.807) is 19.2 Å². The maximum Gasteiger partial charge on any atom is 0.242 e. The number of aliphatic imine (C=N–C) groups is 1. The van der Waals surface area contributed by atoms with Crippen LogP contribution >= 0.6 is 24.0 Å². The molecule has 2 aromatic rings. The first-order chi connectivity index (χ1) is 14.9. The first kappa shape index (κ1) is 26.6. The lowest BCUT2D eigenvalue weighted by atomic mass is 10.2. The van der Waals surface area contributed by atoms with Gasteiger partial charge in [-0.2, -0.15) is 0 Å². The average Bonchev–Trinajstić information content (AvgIpc) is 3.21. The fourth-order valence-corrected chi connectivity index (χ4v) is 4.67. The molecule has 0 spiro atoms. The normalized spacial score (nSPS) is 17.2. The molecule has 0 aromatic heterocycles. The third kappa shape index (κ3) is 7.16. The number of guanidine groups is 1. The summed E-state index contributed by atoms with van der Waals surface area (Å²) < 4.78 is 25.6. The molecule has 9 heteroatoms. The monoisotopic (exact) mass is 571 g/mol. The van der Waals surface area contributed by atoms with Crippen LogP contribution in [0.25, 0.3) is 0 Å². The van der Waals surface area contributed by atoms with Crippen molar-refractivity contribution in [2.75, 3.05) is 34.2 Å². The highest BCUT2D eigenvalue weighted by molar-refractivity contribution is 14.0. The molecule has 32 heavy (non-hydrogen) atoms. The first-order valence-corrected chi connectivity index (χ1v) is 12.1. The van der Waals surface area contributed by atoms with Gasteiger partial charge in [-0.25, -0.2) is 12.7 Å². The number of halogens is 1. The van der Waals surface area contributed by atoms with Gasteiger partial charge >= 0.3 is 0 Å². The molecule has 3 rings (SSSR count). The molecule has 0 amide bonds. The predicted octanol–water partition coefficient (Wildman–Crippen LogP) is 2.88. The van der Waals surface area contributed by atoms with E-state index in [-0.39, 0.29) is 24.0 Å². The molecule has 1 unspecified atom stereocenters. The van der Waals surface area contributed by atoms with Crippen LogP contribution < -0.4 is 10.6 Å². The van der Waals surface area contributed by atoms with E-state index in [2.05, 4.69) is 50.9 Å². The molecular formula is C23H34IN5O2S. The van der Waals surface area contributed by atoms with Crippen molar-refractivity contribution in [1.82, 2.24) is 19.8 Å². The number of benzene rings is 2. The van der Waals surface area contributed by atoms with Crippen LogP contribution in [-0.4, -0.2) is 63.9 Å². The van der Waals surface area contributed by atoms with E-state index < -0.39 is 10.0 Å². The first-order valence-electron chi connectivity index (χ1n) is 10.6. The molecule has 176 valence electrons. The van der Waals surface area contributed by atoms with Crippen molar-refractivity contribution >= 4 is 40.0 Å². The van der Waals surface area contributed by atoms with Gasteiger partial charge in [-0.05, 0) is 42.6 Å². The molecule has 0 radical (unpaired) electrons. The Bertz CT molecular complexity index is 966. The maximum absolute atomic E-state index is 12.2. The van der Waals surface area contributed by atoms with Crippen LogP contribution in [0, 0.1) is 0 Å². The Morgan fingerprint density at radius 3 is 2.38 bits per heavy atom. The van der Waals surface area contributed by atoms with E-state index in [1.807, 2.05) is 12.1 Å². The Morgan fingerprint density at radius 1 is 1.06 bits per heavy atom. The summed E-state index contributed by atoms with van der Waals surface area (Å²) in [6, 6.07) is 18.0.